The molecule has 0 aliphatic carbocycles. The van der Waals surface area contributed by atoms with Gasteiger partial charge in [0.25, 0.3) is 0 Å². The van der Waals surface area contributed by atoms with E-state index in [1.807, 2.05) is 10.7 Å². The van der Waals surface area contributed by atoms with Gasteiger partial charge in [-0.1, -0.05) is 13.8 Å². The van der Waals surface area contributed by atoms with E-state index < -0.39 is 0 Å². The van der Waals surface area contributed by atoms with Crippen molar-refractivity contribution in [2.24, 2.45) is 0 Å². The van der Waals surface area contributed by atoms with Crippen molar-refractivity contribution in [3.63, 3.8) is 0 Å². The Morgan fingerprint density at radius 1 is 1.62 bits per heavy atom. The fourth-order valence-corrected chi connectivity index (χ4v) is 2.24. The predicted octanol–water partition coefficient (Wildman–Crippen LogP) is 2.13. The quantitative estimate of drug-likeness (QED) is 0.720. The zero-order valence-electron chi connectivity index (χ0n) is 10.1. The summed E-state index contributed by atoms with van der Waals surface area (Å²) in [6.07, 6.45) is 2.25. The number of aryl methyl sites for hydroxylation is 1. The standard InChI is InChI=1S/C12H18N2O2/c1-4-16-11(15)9-8-10-12(2,3)6-5-7-14(10)13-9/h8H,4-7H2,1-3H3. The van der Waals surface area contributed by atoms with Crippen molar-refractivity contribution in [1.82, 2.24) is 9.78 Å². The maximum absolute atomic E-state index is 11.6. The van der Waals surface area contributed by atoms with E-state index in [0.717, 1.165) is 25.1 Å². The minimum Gasteiger partial charge on any atom is -0.461 e. The second kappa shape index (κ2) is 3.92. The lowest BCUT2D eigenvalue weighted by molar-refractivity contribution is 0.0518. The molecule has 1 aromatic rings. The van der Waals surface area contributed by atoms with E-state index in [2.05, 4.69) is 18.9 Å². The molecule has 16 heavy (non-hydrogen) atoms. The summed E-state index contributed by atoms with van der Waals surface area (Å²) in [4.78, 5) is 11.6. The van der Waals surface area contributed by atoms with E-state index >= 15 is 0 Å². The van der Waals surface area contributed by atoms with Gasteiger partial charge in [-0.3, -0.25) is 4.68 Å². The van der Waals surface area contributed by atoms with Crippen LogP contribution in [0.2, 0.25) is 0 Å². The van der Waals surface area contributed by atoms with Crippen LogP contribution in [0.3, 0.4) is 0 Å². The molecule has 4 heteroatoms. The van der Waals surface area contributed by atoms with Crippen LogP contribution in [0.5, 0.6) is 0 Å². The summed E-state index contributed by atoms with van der Waals surface area (Å²) >= 11 is 0. The molecule has 0 saturated carbocycles. The van der Waals surface area contributed by atoms with Crippen LogP contribution < -0.4 is 0 Å². The van der Waals surface area contributed by atoms with Crippen molar-refractivity contribution in [3.8, 4) is 0 Å². The second-order valence-corrected chi connectivity index (χ2v) is 4.85. The number of aromatic nitrogens is 2. The van der Waals surface area contributed by atoms with E-state index in [9.17, 15) is 4.79 Å². The van der Waals surface area contributed by atoms with Gasteiger partial charge in [0.2, 0.25) is 0 Å². The summed E-state index contributed by atoms with van der Waals surface area (Å²) in [7, 11) is 0. The van der Waals surface area contributed by atoms with Crippen molar-refractivity contribution in [2.75, 3.05) is 6.61 Å². The number of hydrogen-bond acceptors (Lipinski definition) is 3. The SMILES string of the molecule is CCOC(=O)c1cc2n(n1)CCCC2(C)C. The van der Waals surface area contributed by atoms with E-state index in [0.29, 0.717) is 12.3 Å². The lowest BCUT2D eigenvalue weighted by Crippen LogP contribution is -2.27. The highest BCUT2D eigenvalue weighted by atomic mass is 16.5. The van der Waals surface area contributed by atoms with Crippen LogP contribution in [-0.4, -0.2) is 22.4 Å². The Balaban J connectivity index is 2.33. The van der Waals surface area contributed by atoms with Crippen molar-refractivity contribution in [3.05, 3.63) is 17.5 Å². The molecule has 0 atom stereocenters. The number of carbonyl (C=O) groups is 1. The minimum absolute atomic E-state index is 0.107. The Bertz CT molecular complexity index is 407. The van der Waals surface area contributed by atoms with Crippen LogP contribution in [-0.2, 0) is 16.7 Å². The van der Waals surface area contributed by atoms with Gasteiger partial charge >= 0.3 is 5.97 Å². The van der Waals surface area contributed by atoms with Crippen LogP contribution in [0.25, 0.3) is 0 Å². The van der Waals surface area contributed by atoms with Crippen molar-refractivity contribution in [2.45, 2.75) is 45.6 Å². The molecule has 0 aromatic carbocycles. The molecule has 0 amide bonds. The summed E-state index contributed by atoms with van der Waals surface area (Å²) in [6.45, 7) is 7.48. The summed E-state index contributed by atoms with van der Waals surface area (Å²) in [5.74, 6) is -0.319. The summed E-state index contributed by atoms with van der Waals surface area (Å²) in [5.41, 5.74) is 1.68. The molecule has 4 nitrogen and oxygen atoms in total. The van der Waals surface area contributed by atoms with Crippen molar-refractivity contribution in [1.29, 1.82) is 0 Å². The number of fused-ring (bicyclic) bond motifs is 1. The third-order valence-electron chi connectivity index (χ3n) is 3.13. The van der Waals surface area contributed by atoms with Crippen LogP contribution in [0.4, 0.5) is 0 Å². The maximum atomic E-state index is 11.6. The number of nitrogens with zero attached hydrogens (tertiary/aromatic N) is 2. The van der Waals surface area contributed by atoms with Crippen molar-refractivity contribution >= 4 is 5.97 Å². The number of rotatable bonds is 2. The number of carbonyl (C=O) groups excluding carboxylic acids is 1. The Morgan fingerprint density at radius 2 is 2.38 bits per heavy atom. The first-order valence-electron chi connectivity index (χ1n) is 5.80. The molecule has 2 rings (SSSR count). The first-order valence-corrected chi connectivity index (χ1v) is 5.80. The predicted molar refractivity (Wildman–Crippen MR) is 60.4 cm³/mol. The third-order valence-corrected chi connectivity index (χ3v) is 3.13. The average Bonchev–Trinajstić information content (AvgIpc) is 2.63. The molecule has 0 fully saturated rings. The Kier molecular flexibility index (Phi) is 2.74. The number of ether oxygens (including phenoxy) is 1. The molecule has 0 saturated heterocycles. The molecule has 0 N–H and O–H groups in total. The van der Waals surface area contributed by atoms with Gasteiger partial charge in [-0.2, -0.15) is 5.10 Å². The van der Waals surface area contributed by atoms with Crippen LogP contribution in [0.1, 0.15) is 49.8 Å². The maximum Gasteiger partial charge on any atom is 0.358 e. The molecule has 1 aliphatic rings. The second-order valence-electron chi connectivity index (χ2n) is 4.85. The normalized spacial score (nSPS) is 17.9. The number of hydrogen-bond donors (Lipinski definition) is 0. The molecule has 0 bridgehead atoms. The van der Waals surface area contributed by atoms with E-state index in [1.54, 1.807) is 6.92 Å². The highest BCUT2D eigenvalue weighted by Gasteiger charge is 2.30. The fraction of sp³-hybridized carbons (Fsp3) is 0.667. The molecular formula is C12H18N2O2. The molecule has 0 radical (unpaired) electrons. The van der Waals surface area contributed by atoms with E-state index in [1.165, 1.54) is 0 Å². The lowest BCUT2D eigenvalue weighted by Gasteiger charge is -2.30. The first kappa shape index (κ1) is 11.2. The summed E-state index contributed by atoms with van der Waals surface area (Å²) < 4.78 is 6.90. The fourth-order valence-electron chi connectivity index (χ4n) is 2.24. The summed E-state index contributed by atoms with van der Waals surface area (Å²) in [6, 6.07) is 1.87. The van der Waals surface area contributed by atoms with Gasteiger partial charge < -0.3 is 4.74 Å². The summed E-state index contributed by atoms with van der Waals surface area (Å²) in [5, 5.41) is 4.31. The molecule has 0 spiro atoms. The highest BCUT2D eigenvalue weighted by Crippen LogP contribution is 2.33. The molecule has 88 valence electrons. The molecule has 2 heterocycles. The Hall–Kier alpha value is -1.32. The molecule has 0 unspecified atom stereocenters. The van der Waals surface area contributed by atoms with E-state index in [4.69, 9.17) is 4.74 Å². The molecule has 1 aromatic heterocycles. The van der Waals surface area contributed by atoms with Gasteiger partial charge in [-0.25, -0.2) is 4.79 Å². The van der Waals surface area contributed by atoms with Crippen LogP contribution in [0.15, 0.2) is 6.07 Å². The monoisotopic (exact) mass is 222 g/mol. The van der Waals surface area contributed by atoms with Gasteiger partial charge in [0.1, 0.15) is 0 Å². The van der Waals surface area contributed by atoms with Gasteiger partial charge in [0, 0.05) is 17.7 Å². The van der Waals surface area contributed by atoms with Crippen LogP contribution >= 0.6 is 0 Å². The largest absolute Gasteiger partial charge is 0.461 e. The van der Waals surface area contributed by atoms with Gasteiger partial charge in [0.05, 0.1) is 6.61 Å². The minimum atomic E-state index is -0.319. The molecular weight excluding hydrogens is 204 g/mol. The van der Waals surface area contributed by atoms with Gasteiger partial charge in [-0.15, -0.1) is 0 Å². The first-order chi connectivity index (χ1) is 7.54. The van der Waals surface area contributed by atoms with E-state index in [-0.39, 0.29) is 11.4 Å². The van der Waals surface area contributed by atoms with Crippen molar-refractivity contribution < 1.29 is 9.53 Å². The molecule has 1 aliphatic heterocycles. The third kappa shape index (κ3) is 1.84. The zero-order chi connectivity index (χ0) is 11.8. The lowest BCUT2D eigenvalue weighted by atomic mass is 9.82. The smallest absolute Gasteiger partial charge is 0.358 e. The average molecular weight is 222 g/mol. The topological polar surface area (TPSA) is 44.1 Å². The van der Waals surface area contributed by atoms with Gasteiger partial charge in [-0.05, 0) is 25.8 Å². The Morgan fingerprint density at radius 3 is 3.00 bits per heavy atom. The zero-order valence-corrected chi connectivity index (χ0v) is 10.1. The number of esters is 1. The van der Waals surface area contributed by atoms with Crippen LogP contribution in [0, 0.1) is 0 Å². The highest BCUT2D eigenvalue weighted by molar-refractivity contribution is 5.87. The van der Waals surface area contributed by atoms with Gasteiger partial charge in [0.15, 0.2) is 5.69 Å². The Labute approximate surface area is 95.6 Å².